The average molecular weight is 356 g/mol. The van der Waals surface area contributed by atoms with Crippen LogP contribution in [0, 0.1) is 5.82 Å². The van der Waals surface area contributed by atoms with Crippen molar-refractivity contribution in [2.75, 3.05) is 42.9 Å². The molecule has 0 spiro atoms. The number of carbonyl (C=O) groups is 1. The zero-order valence-corrected chi connectivity index (χ0v) is 15.0. The number of hydrogen-bond donors (Lipinski definition) is 2. The lowest BCUT2D eigenvalue weighted by atomic mass is 10.1. The molecule has 1 aliphatic rings. The first-order valence-electron chi connectivity index (χ1n) is 8.97. The Morgan fingerprint density at radius 1 is 1.15 bits per heavy atom. The predicted octanol–water partition coefficient (Wildman–Crippen LogP) is 2.68. The fourth-order valence-corrected chi connectivity index (χ4v) is 3.30. The molecular formula is C20H25FN4O. The molecule has 0 aromatic heterocycles. The Bertz CT molecular complexity index is 772. The van der Waals surface area contributed by atoms with Gasteiger partial charge in [0.25, 0.3) is 5.91 Å². The molecule has 0 bridgehead atoms. The molecule has 2 aromatic rings. The van der Waals surface area contributed by atoms with Gasteiger partial charge in [-0.05, 0) is 36.4 Å². The minimum atomic E-state index is -0.759. The van der Waals surface area contributed by atoms with Gasteiger partial charge in [-0.1, -0.05) is 25.1 Å². The first kappa shape index (κ1) is 18.2. The van der Waals surface area contributed by atoms with Crippen molar-refractivity contribution in [1.29, 1.82) is 0 Å². The third kappa shape index (κ3) is 4.14. The van der Waals surface area contributed by atoms with Crippen molar-refractivity contribution in [2.45, 2.75) is 13.5 Å². The highest BCUT2D eigenvalue weighted by molar-refractivity contribution is 5.93. The number of piperazine rings is 1. The van der Waals surface area contributed by atoms with E-state index >= 15 is 0 Å². The van der Waals surface area contributed by atoms with E-state index in [-0.39, 0.29) is 5.56 Å². The van der Waals surface area contributed by atoms with Crippen LogP contribution >= 0.6 is 0 Å². The van der Waals surface area contributed by atoms with Crippen LogP contribution in [0.4, 0.5) is 15.8 Å². The van der Waals surface area contributed by atoms with Gasteiger partial charge in [0.1, 0.15) is 5.82 Å². The zero-order valence-electron chi connectivity index (χ0n) is 15.0. The number of nitrogens with zero attached hydrogens (tertiary/aromatic N) is 2. The fraction of sp³-hybridized carbons (Fsp3) is 0.350. The minimum Gasteiger partial charge on any atom is -0.381 e. The molecule has 0 aliphatic carbocycles. The smallest absolute Gasteiger partial charge is 0.251 e. The van der Waals surface area contributed by atoms with Crippen LogP contribution in [0.3, 0.4) is 0 Å². The minimum absolute atomic E-state index is 0.0928. The fourth-order valence-electron chi connectivity index (χ4n) is 3.30. The third-order valence-corrected chi connectivity index (χ3v) is 4.87. The van der Waals surface area contributed by atoms with Gasteiger partial charge in [-0.15, -0.1) is 0 Å². The number of halogens is 1. The number of para-hydroxylation sites is 1. The number of anilines is 2. The van der Waals surface area contributed by atoms with Gasteiger partial charge in [-0.3, -0.25) is 4.79 Å². The van der Waals surface area contributed by atoms with Gasteiger partial charge in [0, 0.05) is 44.1 Å². The maximum Gasteiger partial charge on any atom is 0.251 e. The van der Waals surface area contributed by atoms with Crippen molar-refractivity contribution in [1.82, 2.24) is 4.90 Å². The van der Waals surface area contributed by atoms with Crippen molar-refractivity contribution < 1.29 is 9.18 Å². The normalized spacial score (nSPS) is 15.1. The standard InChI is InChI=1S/C20H25FN4O/c1-2-24-9-11-25(12-10-24)19-6-4-3-5-15(19)14-23-16-7-8-17(20(22)26)18(21)13-16/h3-8,13,23H,2,9-12,14H2,1H3,(H2,22,26). The molecular weight excluding hydrogens is 331 g/mol. The van der Waals surface area contributed by atoms with Crippen LogP contribution < -0.4 is 16.0 Å². The summed E-state index contributed by atoms with van der Waals surface area (Å²) in [6, 6.07) is 12.7. The van der Waals surface area contributed by atoms with Gasteiger partial charge in [-0.2, -0.15) is 0 Å². The van der Waals surface area contributed by atoms with E-state index in [1.165, 1.54) is 17.8 Å². The maximum absolute atomic E-state index is 13.9. The first-order valence-corrected chi connectivity index (χ1v) is 8.97. The van der Waals surface area contributed by atoms with Gasteiger partial charge < -0.3 is 20.9 Å². The highest BCUT2D eigenvalue weighted by Crippen LogP contribution is 2.23. The van der Waals surface area contributed by atoms with E-state index in [1.54, 1.807) is 6.07 Å². The van der Waals surface area contributed by atoms with Crippen molar-refractivity contribution in [3.8, 4) is 0 Å². The highest BCUT2D eigenvalue weighted by atomic mass is 19.1. The Balaban J connectivity index is 1.69. The lowest BCUT2D eigenvalue weighted by molar-refractivity contribution is 0.0996. The molecule has 5 nitrogen and oxygen atoms in total. The Kier molecular flexibility index (Phi) is 5.73. The van der Waals surface area contributed by atoms with E-state index in [0.29, 0.717) is 12.2 Å². The number of benzene rings is 2. The molecule has 0 atom stereocenters. The summed E-state index contributed by atoms with van der Waals surface area (Å²) in [4.78, 5) is 16.0. The van der Waals surface area contributed by atoms with E-state index < -0.39 is 11.7 Å². The molecule has 1 saturated heterocycles. The van der Waals surface area contributed by atoms with Gasteiger partial charge >= 0.3 is 0 Å². The largest absolute Gasteiger partial charge is 0.381 e. The van der Waals surface area contributed by atoms with E-state index in [1.807, 2.05) is 12.1 Å². The molecule has 3 N–H and O–H groups in total. The number of rotatable bonds is 6. The molecule has 1 fully saturated rings. The van der Waals surface area contributed by atoms with Crippen LogP contribution in [0.15, 0.2) is 42.5 Å². The Morgan fingerprint density at radius 2 is 1.88 bits per heavy atom. The van der Waals surface area contributed by atoms with Crippen molar-refractivity contribution >= 4 is 17.3 Å². The Morgan fingerprint density at radius 3 is 2.54 bits per heavy atom. The molecule has 138 valence electrons. The molecule has 1 heterocycles. The monoisotopic (exact) mass is 356 g/mol. The molecule has 26 heavy (non-hydrogen) atoms. The Labute approximate surface area is 153 Å². The molecule has 0 unspecified atom stereocenters. The maximum atomic E-state index is 13.9. The molecule has 1 aliphatic heterocycles. The molecule has 2 aromatic carbocycles. The van der Waals surface area contributed by atoms with Crippen LogP contribution in [0.5, 0.6) is 0 Å². The van der Waals surface area contributed by atoms with Gasteiger partial charge in [0.2, 0.25) is 0 Å². The van der Waals surface area contributed by atoms with E-state index in [9.17, 15) is 9.18 Å². The lowest BCUT2D eigenvalue weighted by Crippen LogP contribution is -2.46. The summed E-state index contributed by atoms with van der Waals surface area (Å²) in [5, 5.41) is 3.24. The molecule has 1 amide bonds. The summed E-state index contributed by atoms with van der Waals surface area (Å²) < 4.78 is 13.9. The molecule has 0 radical (unpaired) electrons. The summed E-state index contributed by atoms with van der Waals surface area (Å²) in [5.41, 5.74) is 8.05. The SMILES string of the molecule is CCN1CCN(c2ccccc2CNc2ccc(C(N)=O)c(F)c2)CC1. The van der Waals surface area contributed by atoms with Crippen molar-refractivity contribution in [2.24, 2.45) is 5.73 Å². The average Bonchev–Trinajstić information content (AvgIpc) is 2.66. The highest BCUT2D eigenvalue weighted by Gasteiger charge is 2.18. The van der Waals surface area contributed by atoms with Crippen molar-refractivity contribution in [3.63, 3.8) is 0 Å². The Hall–Kier alpha value is -2.60. The number of carbonyl (C=O) groups excluding carboxylic acids is 1. The number of nitrogens with one attached hydrogen (secondary N) is 1. The van der Waals surface area contributed by atoms with Crippen LogP contribution in [-0.4, -0.2) is 43.5 Å². The lowest BCUT2D eigenvalue weighted by Gasteiger charge is -2.36. The van der Waals surface area contributed by atoms with Gasteiger partial charge in [0.05, 0.1) is 5.56 Å². The number of hydrogen-bond acceptors (Lipinski definition) is 4. The first-order chi connectivity index (χ1) is 12.6. The summed E-state index contributed by atoms with van der Waals surface area (Å²) in [6.07, 6.45) is 0. The van der Waals surface area contributed by atoms with E-state index in [2.05, 4.69) is 34.2 Å². The summed E-state index contributed by atoms with van der Waals surface area (Å²) in [6.45, 7) is 8.01. The third-order valence-electron chi connectivity index (χ3n) is 4.87. The molecule has 3 rings (SSSR count). The summed E-state index contributed by atoms with van der Waals surface area (Å²) in [5.74, 6) is -1.36. The van der Waals surface area contributed by atoms with Gasteiger partial charge in [-0.25, -0.2) is 4.39 Å². The quantitative estimate of drug-likeness (QED) is 0.835. The topological polar surface area (TPSA) is 61.6 Å². The second-order valence-electron chi connectivity index (χ2n) is 6.46. The summed E-state index contributed by atoms with van der Waals surface area (Å²) in [7, 11) is 0. The molecule has 6 heteroatoms. The van der Waals surface area contributed by atoms with Crippen LogP contribution in [0.1, 0.15) is 22.8 Å². The van der Waals surface area contributed by atoms with Crippen LogP contribution in [0.25, 0.3) is 0 Å². The van der Waals surface area contributed by atoms with E-state index in [0.717, 1.165) is 38.3 Å². The summed E-state index contributed by atoms with van der Waals surface area (Å²) >= 11 is 0. The number of nitrogens with two attached hydrogens (primary N) is 1. The van der Waals surface area contributed by atoms with Crippen LogP contribution in [-0.2, 0) is 6.54 Å². The predicted molar refractivity (Wildman–Crippen MR) is 103 cm³/mol. The number of likely N-dealkylation sites (N-methyl/N-ethyl adjacent to an activating group) is 1. The number of amides is 1. The second kappa shape index (κ2) is 8.19. The van der Waals surface area contributed by atoms with Crippen LogP contribution in [0.2, 0.25) is 0 Å². The second-order valence-corrected chi connectivity index (χ2v) is 6.46. The van der Waals surface area contributed by atoms with Gasteiger partial charge in [0.15, 0.2) is 0 Å². The van der Waals surface area contributed by atoms with Crippen molar-refractivity contribution in [3.05, 3.63) is 59.4 Å². The number of primary amides is 1. The zero-order chi connectivity index (χ0) is 18.5. The molecule has 0 saturated carbocycles. The van der Waals surface area contributed by atoms with E-state index in [4.69, 9.17) is 5.73 Å².